The van der Waals surface area contributed by atoms with Crippen molar-refractivity contribution < 1.29 is 8.95 Å². The van der Waals surface area contributed by atoms with Crippen LogP contribution in [0.3, 0.4) is 0 Å². The summed E-state index contributed by atoms with van der Waals surface area (Å²) in [5.74, 6) is 1.68. The molecule has 1 spiro atoms. The number of hydrogen-bond acceptors (Lipinski definition) is 6. The zero-order chi connectivity index (χ0) is 16.9. The molecular weight excluding hydrogens is 326 g/mol. The van der Waals surface area contributed by atoms with Crippen molar-refractivity contribution in [1.29, 1.82) is 4.78 Å². The summed E-state index contributed by atoms with van der Waals surface area (Å²) in [6, 6.07) is 5.88. The first-order valence-electron chi connectivity index (χ1n) is 7.93. The van der Waals surface area contributed by atoms with E-state index in [1.165, 1.54) is 6.26 Å². The number of hydrogen-bond donors (Lipinski definition) is 1. The molecule has 2 aromatic rings. The number of nitrogens with zero attached hydrogens (tertiary/aromatic N) is 4. The van der Waals surface area contributed by atoms with E-state index in [9.17, 15) is 4.21 Å². The summed E-state index contributed by atoms with van der Waals surface area (Å²) in [6.07, 6.45) is 4.12. The molecule has 0 radical (unpaired) electrons. The quantitative estimate of drug-likeness (QED) is 0.914. The Hall–Kier alpha value is -1.93. The lowest BCUT2D eigenvalue weighted by atomic mass is 9.81. The predicted molar refractivity (Wildman–Crippen MR) is 93.7 cm³/mol. The number of nitrogens with one attached hydrogen (secondary N) is 1. The standard InChI is InChI=1S/C16H21N5O2S/c1-23-13-5-3-4-12-14(13)18-11-19-15(12)20-7-6-16(8-20)9-21(10-16)24(2,17)22/h3-5,11,17H,6-10H2,1-2H3/t24-/m0/s1. The first kappa shape index (κ1) is 15.6. The van der Waals surface area contributed by atoms with Gasteiger partial charge < -0.3 is 9.64 Å². The van der Waals surface area contributed by atoms with E-state index in [1.54, 1.807) is 17.7 Å². The van der Waals surface area contributed by atoms with Crippen LogP contribution in [0.25, 0.3) is 10.9 Å². The Morgan fingerprint density at radius 1 is 1.29 bits per heavy atom. The fourth-order valence-electron chi connectivity index (χ4n) is 3.79. The molecule has 0 amide bonds. The Morgan fingerprint density at radius 3 is 2.79 bits per heavy atom. The molecule has 2 fully saturated rings. The van der Waals surface area contributed by atoms with Gasteiger partial charge in [0.1, 0.15) is 33.3 Å². The van der Waals surface area contributed by atoms with Gasteiger partial charge in [-0.25, -0.2) is 23.3 Å². The van der Waals surface area contributed by atoms with Crippen LogP contribution in [0.5, 0.6) is 5.75 Å². The van der Waals surface area contributed by atoms with Gasteiger partial charge in [-0.1, -0.05) is 6.07 Å². The van der Waals surface area contributed by atoms with Crippen LogP contribution in [0, 0.1) is 10.2 Å². The van der Waals surface area contributed by atoms with Gasteiger partial charge in [-0.05, 0) is 18.6 Å². The van der Waals surface area contributed by atoms with Crippen LogP contribution >= 0.6 is 0 Å². The Morgan fingerprint density at radius 2 is 2.08 bits per heavy atom. The van der Waals surface area contributed by atoms with Gasteiger partial charge >= 0.3 is 0 Å². The number of benzene rings is 1. The van der Waals surface area contributed by atoms with Gasteiger partial charge in [0.25, 0.3) is 0 Å². The second kappa shape index (κ2) is 5.29. The Balaban J connectivity index is 1.62. The normalized spacial score (nSPS) is 22.5. The maximum Gasteiger partial charge on any atom is 0.145 e. The highest BCUT2D eigenvalue weighted by atomic mass is 32.2. The van der Waals surface area contributed by atoms with Gasteiger partial charge in [0.2, 0.25) is 0 Å². The van der Waals surface area contributed by atoms with E-state index in [1.807, 2.05) is 18.2 Å². The molecule has 2 aliphatic rings. The van der Waals surface area contributed by atoms with Gasteiger partial charge in [0.05, 0.1) is 7.11 Å². The molecule has 2 aliphatic heterocycles. The maximum atomic E-state index is 11.9. The summed E-state index contributed by atoms with van der Waals surface area (Å²) in [5, 5.41) is 0.991. The fraction of sp³-hybridized carbons (Fsp3) is 0.500. The summed E-state index contributed by atoms with van der Waals surface area (Å²) < 4.78 is 26.7. The summed E-state index contributed by atoms with van der Waals surface area (Å²) >= 11 is 0. The van der Waals surface area contributed by atoms with Crippen molar-refractivity contribution in [1.82, 2.24) is 14.3 Å². The van der Waals surface area contributed by atoms with Crippen LogP contribution in [0.2, 0.25) is 0 Å². The molecular formula is C16H21N5O2S. The highest BCUT2D eigenvalue weighted by Crippen LogP contribution is 2.43. The van der Waals surface area contributed by atoms with E-state index < -0.39 is 9.92 Å². The van der Waals surface area contributed by atoms with Crippen molar-refractivity contribution in [2.45, 2.75) is 6.42 Å². The van der Waals surface area contributed by atoms with E-state index >= 15 is 0 Å². The molecule has 0 bridgehead atoms. The minimum absolute atomic E-state index is 0.135. The number of rotatable bonds is 3. The lowest BCUT2D eigenvalue weighted by molar-refractivity contribution is 0.0978. The topological polar surface area (TPSA) is 82.4 Å². The molecule has 0 aliphatic carbocycles. The van der Waals surface area contributed by atoms with Crippen LogP contribution in [-0.4, -0.2) is 58.0 Å². The molecule has 1 atom stereocenters. The maximum absolute atomic E-state index is 11.9. The van der Waals surface area contributed by atoms with Gasteiger partial charge in [-0.2, -0.15) is 0 Å². The molecule has 7 nitrogen and oxygen atoms in total. The molecule has 1 N–H and O–H groups in total. The first-order chi connectivity index (χ1) is 11.4. The Labute approximate surface area is 141 Å². The van der Waals surface area contributed by atoms with Crippen molar-refractivity contribution in [3.05, 3.63) is 24.5 Å². The molecule has 3 heterocycles. The number of fused-ring (bicyclic) bond motifs is 1. The van der Waals surface area contributed by atoms with Crippen molar-refractivity contribution in [2.75, 3.05) is 44.4 Å². The molecule has 2 saturated heterocycles. The summed E-state index contributed by atoms with van der Waals surface area (Å²) in [7, 11) is -0.936. The molecule has 8 heteroatoms. The monoisotopic (exact) mass is 347 g/mol. The number of methoxy groups -OCH3 is 1. The number of anilines is 1. The molecule has 4 rings (SSSR count). The highest BCUT2D eigenvalue weighted by molar-refractivity contribution is 7.89. The minimum Gasteiger partial charge on any atom is -0.494 e. The van der Waals surface area contributed by atoms with Crippen molar-refractivity contribution >= 4 is 26.6 Å². The van der Waals surface area contributed by atoms with E-state index in [-0.39, 0.29) is 5.41 Å². The van der Waals surface area contributed by atoms with Crippen LogP contribution in [-0.2, 0) is 9.92 Å². The SMILES string of the molecule is COc1cccc2c(N3CCC4(C3)CN([S@](C)(=N)=O)C4)ncnc12. The van der Waals surface area contributed by atoms with E-state index in [0.29, 0.717) is 0 Å². The van der Waals surface area contributed by atoms with Crippen LogP contribution < -0.4 is 9.64 Å². The van der Waals surface area contributed by atoms with Crippen molar-refractivity contribution in [2.24, 2.45) is 5.41 Å². The van der Waals surface area contributed by atoms with Crippen LogP contribution in [0.4, 0.5) is 5.82 Å². The van der Waals surface area contributed by atoms with Gasteiger partial charge in [0, 0.05) is 43.2 Å². The first-order valence-corrected chi connectivity index (χ1v) is 9.86. The molecule has 1 aromatic carbocycles. The van der Waals surface area contributed by atoms with E-state index in [0.717, 1.165) is 55.1 Å². The molecule has 128 valence electrons. The summed E-state index contributed by atoms with van der Waals surface area (Å²) in [6.45, 7) is 3.26. The highest BCUT2D eigenvalue weighted by Gasteiger charge is 2.50. The van der Waals surface area contributed by atoms with E-state index in [2.05, 4.69) is 14.9 Å². The van der Waals surface area contributed by atoms with Crippen LogP contribution in [0.15, 0.2) is 24.5 Å². The molecule has 1 aromatic heterocycles. The predicted octanol–water partition coefficient (Wildman–Crippen LogP) is 1.74. The lowest BCUT2D eigenvalue weighted by Gasteiger charge is -2.47. The average Bonchev–Trinajstić information content (AvgIpc) is 2.97. The summed E-state index contributed by atoms with van der Waals surface area (Å²) in [4.78, 5) is 11.2. The van der Waals surface area contributed by atoms with Crippen LogP contribution in [0.1, 0.15) is 6.42 Å². The number of para-hydroxylation sites is 1. The smallest absolute Gasteiger partial charge is 0.145 e. The third kappa shape index (κ3) is 2.41. The largest absolute Gasteiger partial charge is 0.494 e. The Bertz CT molecular complexity index is 892. The zero-order valence-corrected chi connectivity index (χ0v) is 14.7. The lowest BCUT2D eigenvalue weighted by Crippen LogP contribution is -2.58. The van der Waals surface area contributed by atoms with Gasteiger partial charge in [-0.15, -0.1) is 0 Å². The van der Waals surface area contributed by atoms with E-state index in [4.69, 9.17) is 9.52 Å². The molecule has 0 saturated carbocycles. The molecule has 0 unspecified atom stereocenters. The Kier molecular flexibility index (Phi) is 3.43. The average molecular weight is 347 g/mol. The third-order valence-electron chi connectivity index (χ3n) is 5.08. The van der Waals surface area contributed by atoms with Crippen molar-refractivity contribution in [3.8, 4) is 5.75 Å². The zero-order valence-electron chi connectivity index (χ0n) is 13.9. The molecule has 24 heavy (non-hydrogen) atoms. The number of ether oxygens (including phenoxy) is 1. The van der Waals surface area contributed by atoms with Gasteiger partial charge in [0.15, 0.2) is 0 Å². The second-order valence-electron chi connectivity index (χ2n) is 6.83. The van der Waals surface area contributed by atoms with Gasteiger partial charge in [-0.3, -0.25) is 0 Å². The second-order valence-corrected chi connectivity index (χ2v) is 8.95. The number of aromatic nitrogens is 2. The minimum atomic E-state index is -2.58. The third-order valence-corrected chi connectivity index (χ3v) is 6.32. The van der Waals surface area contributed by atoms with Crippen molar-refractivity contribution in [3.63, 3.8) is 0 Å². The summed E-state index contributed by atoms with van der Waals surface area (Å²) in [5.41, 5.74) is 0.958. The fourth-order valence-corrected chi connectivity index (χ4v) is 4.83.